The Balaban J connectivity index is 2.15. The Hall–Kier alpha value is -1.79. The van der Waals surface area contributed by atoms with E-state index < -0.39 is 0 Å². The van der Waals surface area contributed by atoms with E-state index in [2.05, 4.69) is 15.1 Å². The first kappa shape index (κ1) is 12.7. The first-order valence-corrected chi connectivity index (χ1v) is 5.80. The quantitative estimate of drug-likeness (QED) is 0.862. The molecule has 96 valence electrons. The lowest BCUT2D eigenvalue weighted by atomic mass is 10.2. The zero-order valence-electron chi connectivity index (χ0n) is 10.5. The summed E-state index contributed by atoms with van der Waals surface area (Å²) in [5, 5.41) is 3.86. The van der Waals surface area contributed by atoms with Gasteiger partial charge in [-0.05, 0) is 26.0 Å². The molecule has 0 aromatic carbocycles. The van der Waals surface area contributed by atoms with Crippen LogP contribution in [0.3, 0.4) is 0 Å². The second-order valence-corrected chi connectivity index (χ2v) is 3.91. The zero-order valence-corrected chi connectivity index (χ0v) is 10.5. The summed E-state index contributed by atoms with van der Waals surface area (Å²) < 4.78 is 10.4. The fourth-order valence-electron chi connectivity index (χ4n) is 1.50. The van der Waals surface area contributed by atoms with E-state index in [4.69, 9.17) is 15.0 Å². The normalized spacial score (nSPS) is 12.6. The van der Waals surface area contributed by atoms with Crippen molar-refractivity contribution in [3.8, 4) is 11.5 Å². The maximum Gasteiger partial charge on any atom is 0.258 e. The smallest absolute Gasteiger partial charge is 0.258 e. The Morgan fingerprint density at radius 3 is 3.06 bits per heavy atom. The summed E-state index contributed by atoms with van der Waals surface area (Å²) in [4.78, 5) is 8.38. The number of ether oxygens (including phenoxy) is 1. The third-order valence-corrected chi connectivity index (χ3v) is 2.42. The Labute approximate surface area is 105 Å². The molecule has 2 aromatic rings. The average Bonchev–Trinajstić information content (AvgIpc) is 2.85. The Kier molecular flexibility index (Phi) is 4.01. The van der Waals surface area contributed by atoms with Crippen LogP contribution in [0.25, 0.3) is 11.5 Å². The number of rotatable bonds is 5. The molecule has 0 aliphatic carbocycles. The van der Waals surface area contributed by atoms with Crippen molar-refractivity contribution in [3.05, 3.63) is 29.8 Å². The number of aromatic nitrogens is 3. The highest BCUT2D eigenvalue weighted by Gasteiger charge is 2.15. The molecule has 0 saturated carbocycles. The molecular formula is C12H16N4O2. The molecule has 2 heterocycles. The van der Waals surface area contributed by atoms with Crippen LogP contribution in [-0.4, -0.2) is 28.3 Å². The van der Waals surface area contributed by atoms with E-state index in [0.717, 1.165) is 11.3 Å². The molecule has 0 bridgehead atoms. The van der Waals surface area contributed by atoms with E-state index in [9.17, 15) is 0 Å². The molecule has 0 amide bonds. The third-order valence-electron chi connectivity index (χ3n) is 2.42. The SMILES string of the molecule is CCOCC(N)c1noc(-c2ccnc(C)c2)n1. The molecule has 18 heavy (non-hydrogen) atoms. The lowest BCUT2D eigenvalue weighted by molar-refractivity contribution is 0.130. The first-order valence-electron chi connectivity index (χ1n) is 5.80. The lowest BCUT2D eigenvalue weighted by Gasteiger charge is -2.05. The number of hydrogen-bond donors (Lipinski definition) is 1. The zero-order chi connectivity index (χ0) is 13.0. The van der Waals surface area contributed by atoms with Crippen LogP contribution in [0.4, 0.5) is 0 Å². The van der Waals surface area contributed by atoms with Gasteiger partial charge >= 0.3 is 0 Å². The largest absolute Gasteiger partial charge is 0.380 e. The van der Waals surface area contributed by atoms with Gasteiger partial charge in [0.15, 0.2) is 5.82 Å². The van der Waals surface area contributed by atoms with E-state index >= 15 is 0 Å². The molecule has 0 fully saturated rings. The summed E-state index contributed by atoms with van der Waals surface area (Å²) in [6, 6.07) is 3.33. The molecule has 0 aliphatic rings. The van der Waals surface area contributed by atoms with Gasteiger partial charge in [0.2, 0.25) is 0 Å². The van der Waals surface area contributed by atoms with Crippen molar-refractivity contribution in [2.45, 2.75) is 19.9 Å². The van der Waals surface area contributed by atoms with Gasteiger partial charge in [-0.15, -0.1) is 0 Å². The number of pyridine rings is 1. The molecule has 2 N–H and O–H groups in total. The van der Waals surface area contributed by atoms with Crippen LogP contribution in [0, 0.1) is 6.92 Å². The van der Waals surface area contributed by atoms with E-state index in [1.54, 1.807) is 6.20 Å². The number of aryl methyl sites for hydroxylation is 1. The predicted octanol–water partition coefficient (Wildman–Crippen LogP) is 1.48. The molecule has 1 atom stereocenters. The third kappa shape index (κ3) is 2.91. The van der Waals surface area contributed by atoms with E-state index in [1.807, 2.05) is 26.0 Å². The first-order chi connectivity index (χ1) is 8.70. The molecule has 2 aromatic heterocycles. The van der Waals surface area contributed by atoms with Gasteiger partial charge in [0, 0.05) is 24.1 Å². The van der Waals surface area contributed by atoms with Gasteiger partial charge < -0.3 is 15.0 Å². The molecular weight excluding hydrogens is 232 g/mol. The Morgan fingerprint density at radius 2 is 2.33 bits per heavy atom. The van der Waals surface area contributed by atoms with E-state index in [1.165, 1.54) is 0 Å². The summed E-state index contributed by atoms with van der Waals surface area (Å²) in [6.07, 6.45) is 1.70. The van der Waals surface area contributed by atoms with Crippen molar-refractivity contribution in [1.29, 1.82) is 0 Å². The minimum atomic E-state index is -0.370. The monoisotopic (exact) mass is 248 g/mol. The number of hydrogen-bond acceptors (Lipinski definition) is 6. The van der Waals surface area contributed by atoms with Crippen LogP contribution in [0.15, 0.2) is 22.9 Å². The molecule has 0 spiro atoms. The van der Waals surface area contributed by atoms with Gasteiger partial charge in [0.05, 0.1) is 12.6 Å². The van der Waals surface area contributed by atoms with Crippen LogP contribution in [0.2, 0.25) is 0 Å². The van der Waals surface area contributed by atoms with Gasteiger partial charge in [-0.1, -0.05) is 5.16 Å². The van der Waals surface area contributed by atoms with Gasteiger partial charge in [0.25, 0.3) is 5.89 Å². The van der Waals surface area contributed by atoms with Crippen LogP contribution in [-0.2, 0) is 4.74 Å². The van der Waals surface area contributed by atoms with Gasteiger partial charge in [-0.2, -0.15) is 4.98 Å². The molecule has 1 unspecified atom stereocenters. The molecule has 0 saturated heterocycles. The molecule has 0 radical (unpaired) electrons. The summed E-state index contributed by atoms with van der Waals surface area (Å²) in [5.41, 5.74) is 7.61. The van der Waals surface area contributed by atoms with Crippen LogP contribution >= 0.6 is 0 Å². The van der Waals surface area contributed by atoms with Crippen molar-refractivity contribution in [2.75, 3.05) is 13.2 Å². The topological polar surface area (TPSA) is 87.1 Å². The van der Waals surface area contributed by atoms with Crippen molar-refractivity contribution in [2.24, 2.45) is 5.73 Å². The average molecular weight is 248 g/mol. The van der Waals surface area contributed by atoms with Crippen molar-refractivity contribution >= 4 is 0 Å². The Bertz CT molecular complexity index is 512. The van der Waals surface area contributed by atoms with Crippen molar-refractivity contribution < 1.29 is 9.26 Å². The number of nitrogens with two attached hydrogens (primary N) is 1. The highest BCUT2D eigenvalue weighted by Crippen LogP contribution is 2.18. The lowest BCUT2D eigenvalue weighted by Crippen LogP contribution is -2.18. The second kappa shape index (κ2) is 5.70. The standard InChI is InChI=1S/C12H16N4O2/c1-3-17-7-10(13)11-15-12(18-16-11)9-4-5-14-8(2)6-9/h4-6,10H,3,7,13H2,1-2H3. The van der Waals surface area contributed by atoms with E-state index in [-0.39, 0.29) is 6.04 Å². The summed E-state index contributed by atoms with van der Waals surface area (Å²) in [7, 11) is 0. The summed E-state index contributed by atoms with van der Waals surface area (Å²) in [6.45, 7) is 4.81. The molecule has 6 nitrogen and oxygen atoms in total. The maximum atomic E-state index is 5.88. The summed E-state index contributed by atoms with van der Waals surface area (Å²) in [5.74, 6) is 0.898. The maximum absolute atomic E-state index is 5.88. The summed E-state index contributed by atoms with van der Waals surface area (Å²) >= 11 is 0. The minimum Gasteiger partial charge on any atom is -0.380 e. The molecule has 0 aliphatic heterocycles. The van der Waals surface area contributed by atoms with Crippen molar-refractivity contribution in [3.63, 3.8) is 0 Å². The molecule has 2 rings (SSSR count). The van der Waals surface area contributed by atoms with Gasteiger partial charge in [-0.3, -0.25) is 4.98 Å². The van der Waals surface area contributed by atoms with Crippen LogP contribution < -0.4 is 5.73 Å². The minimum absolute atomic E-state index is 0.370. The van der Waals surface area contributed by atoms with Crippen molar-refractivity contribution in [1.82, 2.24) is 15.1 Å². The highest BCUT2D eigenvalue weighted by molar-refractivity contribution is 5.52. The second-order valence-electron chi connectivity index (χ2n) is 3.91. The van der Waals surface area contributed by atoms with E-state index in [0.29, 0.717) is 24.9 Å². The predicted molar refractivity (Wildman–Crippen MR) is 65.7 cm³/mol. The highest BCUT2D eigenvalue weighted by atomic mass is 16.5. The molecule has 6 heteroatoms. The van der Waals surface area contributed by atoms with Gasteiger partial charge in [-0.25, -0.2) is 0 Å². The van der Waals surface area contributed by atoms with Gasteiger partial charge in [0.1, 0.15) is 0 Å². The number of nitrogens with zero attached hydrogens (tertiary/aromatic N) is 3. The Morgan fingerprint density at radius 1 is 1.50 bits per heavy atom. The fraction of sp³-hybridized carbons (Fsp3) is 0.417. The van der Waals surface area contributed by atoms with Crippen LogP contribution in [0.1, 0.15) is 24.5 Å². The fourth-order valence-corrected chi connectivity index (χ4v) is 1.50. The van der Waals surface area contributed by atoms with Crippen LogP contribution in [0.5, 0.6) is 0 Å².